The standard InChI is InChI=1S/C18H20F2N2O/c19-16-7-5-14(6-8-16)9-11-21-12-10-18(23)22-13-15-3-1-2-4-17(15)20/h1-8,21H,9-13H2,(H,22,23). The van der Waals surface area contributed by atoms with E-state index in [1.165, 1.54) is 18.2 Å². The number of hydrogen-bond donors (Lipinski definition) is 2. The Kier molecular flexibility index (Phi) is 6.69. The van der Waals surface area contributed by atoms with Gasteiger partial charge >= 0.3 is 0 Å². The van der Waals surface area contributed by atoms with Crippen molar-refractivity contribution in [2.75, 3.05) is 13.1 Å². The zero-order valence-corrected chi connectivity index (χ0v) is 12.8. The van der Waals surface area contributed by atoms with Crippen molar-refractivity contribution in [3.63, 3.8) is 0 Å². The molecule has 0 bridgehead atoms. The number of benzene rings is 2. The van der Waals surface area contributed by atoms with Gasteiger partial charge in [0.1, 0.15) is 11.6 Å². The molecule has 0 unspecified atom stereocenters. The molecule has 0 radical (unpaired) electrons. The van der Waals surface area contributed by atoms with Gasteiger partial charge in [-0.25, -0.2) is 8.78 Å². The molecule has 122 valence electrons. The molecule has 5 heteroatoms. The molecule has 2 N–H and O–H groups in total. The molecular formula is C18H20F2N2O. The van der Waals surface area contributed by atoms with Gasteiger partial charge in [0.05, 0.1) is 0 Å². The molecular weight excluding hydrogens is 298 g/mol. The van der Waals surface area contributed by atoms with Gasteiger partial charge in [-0.15, -0.1) is 0 Å². The van der Waals surface area contributed by atoms with E-state index in [1.807, 2.05) is 0 Å². The molecule has 2 aromatic carbocycles. The number of amides is 1. The predicted octanol–water partition coefficient (Wildman–Crippen LogP) is 2.80. The molecule has 0 aliphatic heterocycles. The van der Waals surface area contributed by atoms with Crippen LogP contribution in [-0.2, 0) is 17.8 Å². The Balaban J connectivity index is 1.58. The van der Waals surface area contributed by atoms with Crippen molar-refractivity contribution in [3.8, 4) is 0 Å². The summed E-state index contributed by atoms with van der Waals surface area (Å²) < 4.78 is 26.1. The van der Waals surface area contributed by atoms with Gasteiger partial charge in [0.15, 0.2) is 0 Å². The highest BCUT2D eigenvalue weighted by Gasteiger charge is 2.04. The molecule has 0 aliphatic carbocycles. The van der Waals surface area contributed by atoms with E-state index in [0.717, 1.165) is 12.0 Å². The van der Waals surface area contributed by atoms with E-state index in [0.29, 0.717) is 25.1 Å². The summed E-state index contributed by atoms with van der Waals surface area (Å²) in [7, 11) is 0. The Morgan fingerprint density at radius 3 is 2.43 bits per heavy atom. The molecule has 1 amide bonds. The van der Waals surface area contributed by atoms with Crippen LogP contribution in [0.5, 0.6) is 0 Å². The minimum Gasteiger partial charge on any atom is -0.352 e. The Labute approximate surface area is 134 Å². The van der Waals surface area contributed by atoms with Crippen LogP contribution in [0.2, 0.25) is 0 Å². The van der Waals surface area contributed by atoms with E-state index >= 15 is 0 Å². The maximum absolute atomic E-state index is 13.4. The SMILES string of the molecule is O=C(CCNCCc1ccc(F)cc1)NCc1ccccc1F. The number of carbonyl (C=O) groups is 1. The number of carbonyl (C=O) groups excluding carboxylic acids is 1. The number of hydrogen-bond acceptors (Lipinski definition) is 2. The lowest BCUT2D eigenvalue weighted by atomic mass is 10.1. The molecule has 0 saturated carbocycles. The fraction of sp³-hybridized carbons (Fsp3) is 0.278. The highest BCUT2D eigenvalue weighted by Crippen LogP contribution is 2.05. The van der Waals surface area contributed by atoms with Crippen LogP contribution in [0.25, 0.3) is 0 Å². The highest BCUT2D eigenvalue weighted by molar-refractivity contribution is 5.76. The molecule has 2 aromatic rings. The van der Waals surface area contributed by atoms with E-state index in [2.05, 4.69) is 10.6 Å². The molecule has 0 spiro atoms. The van der Waals surface area contributed by atoms with Crippen molar-refractivity contribution in [2.24, 2.45) is 0 Å². The molecule has 0 aromatic heterocycles. The van der Waals surface area contributed by atoms with Crippen molar-refractivity contribution in [1.29, 1.82) is 0 Å². The molecule has 0 saturated heterocycles. The first-order valence-electron chi connectivity index (χ1n) is 7.60. The lowest BCUT2D eigenvalue weighted by molar-refractivity contribution is -0.121. The quantitative estimate of drug-likeness (QED) is 0.735. The fourth-order valence-electron chi connectivity index (χ4n) is 2.13. The first-order chi connectivity index (χ1) is 11.1. The molecule has 23 heavy (non-hydrogen) atoms. The molecule has 0 heterocycles. The lowest BCUT2D eigenvalue weighted by Crippen LogP contribution is -2.28. The smallest absolute Gasteiger partial charge is 0.221 e. The maximum atomic E-state index is 13.4. The average molecular weight is 318 g/mol. The predicted molar refractivity (Wildman–Crippen MR) is 85.8 cm³/mol. The molecule has 0 atom stereocenters. The normalized spacial score (nSPS) is 10.5. The van der Waals surface area contributed by atoms with Crippen molar-refractivity contribution >= 4 is 5.91 Å². The second-order valence-electron chi connectivity index (χ2n) is 5.24. The van der Waals surface area contributed by atoms with Gasteiger partial charge in [0.2, 0.25) is 5.91 Å². The fourth-order valence-corrected chi connectivity index (χ4v) is 2.13. The van der Waals surface area contributed by atoms with Gasteiger partial charge in [-0.1, -0.05) is 30.3 Å². The van der Waals surface area contributed by atoms with Gasteiger partial charge < -0.3 is 10.6 Å². The third kappa shape index (κ3) is 6.16. The van der Waals surface area contributed by atoms with Gasteiger partial charge in [-0.05, 0) is 36.7 Å². The van der Waals surface area contributed by atoms with Crippen LogP contribution in [0.4, 0.5) is 8.78 Å². The Hall–Kier alpha value is -2.27. The van der Waals surface area contributed by atoms with E-state index in [1.54, 1.807) is 30.3 Å². The summed E-state index contributed by atoms with van der Waals surface area (Å²) >= 11 is 0. The van der Waals surface area contributed by atoms with E-state index in [9.17, 15) is 13.6 Å². The second-order valence-corrected chi connectivity index (χ2v) is 5.24. The average Bonchev–Trinajstić information content (AvgIpc) is 2.55. The van der Waals surface area contributed by atoms with Crippen LogP contribution in [-0.4, -0.2) is 19.0 Å². The molecule has 2 rings (SSSR count). The molecule has 0 fully saturated rings. The summed E-state index contributed by atoms with van der Waals surface area (Å²) in [6, 6.07) is 12.7. The Morgan fingerprint density at radius 1 is 0.957 bits per heavy atom. The van der Waals surface area contributed by atoms with E-state index in [-0.39, 0.29) is 24.1 Å². The highest BCUT2D eigenvalue weighted by atomic mass is 19.1. The molecule has 3 nitrogen and oxygen atoms in total. The third-order valence-electron chi connectivity index (χ3n) is 3.47. The summed E-state index contributed by atoms with van der Waals surface area (Å²) in [4.78, 5) is 11.7. The summed E-state index contributed by atoms with van der Waals surface area (Å²) in [5.74, 6) is -0.680. The lowest BCUT2D eigenvalue weighted by Gasteiger charge is -2.07. The van der Waals surface area contributed by atoms with Crippen molar-refractivity contribution in [2.45, 2.75) is 19.4 Å². The van der Waals surface area contributed by atoms with Gasteiger partial charge in [0.25, 0.3) is 0 Å². The van der Waals surface area contributed by atoms with E-state index in [4.69, 9.17) is 0 Å². The van der Waals surface area contributed by atoms with Crippen LogP contribution < -0.4 is 10.6 Å². The maximum Gasteiger partial charge on any atom is 0.221 e. The Morgan fingerprint density at radius 2 is 1.70 bits per heavy atom. The minimum atomic E-state index is -0.315. The summed E-state index contributed by atoms with van der Waals surface area (Å²) in [6.07, 6.45) is 1.11. The van der Waals surface area contributed by atoms with Crippen molar-refractivity contribution in [1.82, 2.24) is 10.6 Å². The number of rotatable bonds is 8. The van der Waals surface area contributed by atoms with Gasteiger partial charge in [-0.2, -0.15) is 0 Å². The summed E-state index contributed by atoms with van der Waals surface area (Å²) in [5.41, 5.74) is 1.52. The first-order valence-corrected chi connectivity index (χ1v) is 7.60. The minimum absolute atomic E-state index is 0.123. The Bertz CT molecular complexity index is 629. The van der Waals surface area contributed by atoms with Crippen LogP contribution >= 0.6 is 0 Å². The number of nitrogens with one attached hydrogen (secondary N) is 2. The van der Waals surface area contributed by atoms with Crippen molar-refractivity contribution in [3.05, 3.63) is 71.3 Å². The zero-order chi connectivity index (χ0) is 16.5. The van der Waals surface area contributed by atoms with Crippen LogP contribution in [0.15, 0.2) is 48.5 Å². The zero-order valence-electron chi connectivity index (χ0n) is 12.8. The molecule has 0 aliphatic rings. The monoisotopic (exact) mass is 318 g/mol. The van der Waals surface area contributed by atoms with Crippen LogP contribution in [0.1, 0.15) is 17.5 Å². The van der Waals surface area contributed by atoms with Gasteiger partial charge in [0, 0.05) is 25.1 Å². The van der Waals surface area contributed by atoms with Gasteiger partial charge in [-0.3, -0.25) is 4.79 Å². The third-order valence-corrected chi connectivity index (χ3v) is 3.47. The number of halogens is 2. The second kappa shape index (κ2) is 9.00. The topological polar surface area (TPSA) is 41.1 Å². The first kappa shape index (κ1) is 17.1. The van der Waals surface area contributed by atoms with Crippen molar-refractivity contribution < 1.29 is 13.6 Å². The van der Waals surface area contributed by atoms with Crippen LogP contribution in [0, 0.1) is 11.6 Å². The van der Waals surface area contributed by atoms with Crippen LogP contribution in [0.3, 0.4) is 0 Å². The summed E-state index contributed by atoms with van der Waals surface area (Å²) in [6.45, 7) is 1.46. The summed E-state index contributed by atoms with van der Waals surface area (Å²) in [5, 5.41) is 5.85. The van der Waals surface area contributed by atoms with E-state index < -0.39 is 0 Å². The largest absolute Gasteiger partial charge is 0.352 e.